The lowest BCUT2D eigenvalue weighted by molar-refractivity contribution is -0.144. The first-order valence-corrected chi connectivity index (χ1v) is 5.05. The lowest BCUT2D eigenvalue weighted by Gasteiger charge is -2.06. The van der Waals surface area contributed by atoms with Crippen molar-refractivity contribution in [1.82, 2.24) is 15.0 Å². The van der Waals surface area contributed by atoms with E-state index in [1.165, 1.54) is 6.20 Å². The Balaban J connectivity index is 2.34. The number of pyridine rings is 1. The van der Waals surface area contributed by atoms with Crippen LogP contribution in [0.15, 0.2) is 30.7 Å². The highest BCUT2D eigenvalue weighted by atomic mass is 19.4. The van der Waals surface area contributed by atoms with Gasteiger partial charge in [0.1, 0.15) is 0 Å². The molecule has 0 unspecified atom stereocenters. The first kappa shape index (κ1) is 12.4. The van der Waals surface area contributed by atoms with Crippen LogP contribution in [0, 0.1) is 0 Å². The van der Waals surface area contributed by atoms with Crippen molar-refractivity contribution in [2.75, 3.05) is 0 Å². The van der Waals surface area contributed by atoms with Crippen LogP contribution in [0.1, 0.15) is 11.5 Å². The van der Waals surface area contributed by atoms with Crippen LogP contribution in [0.5, 0.6) is 0 Å². The Kier molecular flexibility index (Phi) is 3.24. The van der Waals surface area contributed by atoms with Gasteiger partial charge in [0.15, 0.2) is 0 Å². The van der Waals surface area contributed by atoms with Crippen LogP contribution in [-0.2, 0) is 12.7 Å². The van der Waals surface area contributed by atoms with Crippen LogP contribution in [0.3, 0.4) is 0 Å². The number of hydrogen-bond donors (Lipinski definition) is 1. The standard InChI is InChI=1S/C11H9F3N4/c12-11(13,14)10-17-5-8(6-18-10)7-1-2-16-9(3-7)4-15/h1-3,5-6H,4,15H2. The van der Waals surface area contributed by atoms with Gasteiger partial charge in [-0.25, -0.2) is 9.97 Å². The molecule has 0 aliphatic rings. The summed E-state index contributed by atoms with van der Waals surface area (Å²) in [7, 11) is 0. The molecule has 94 valence electrons. The fourth-order valence-electron chi connectivity index (χ4n) is 1.39. The van der Waals surface area contributed by atoms with Crippen molar-refractivity contribution >= 4 is 0 Å². The molecule has 2 rings (SSSR count). The molecule has 2 aromatic heterocycles. The largest absolute Gasteiger partial charge is 0.451 e. The van der Waals surface area contributed by atoms with E-state index in [2.05, 4.69) is 15.0 Å². The highest BCUT2D eigenvalue weighted by Gasteiger charge is 2.34. The molecule has 2 N–H and O–H groups in total. The summed E-state index contributed by atoms with van der Waals surface area (Å²) < 4.78 is 36.9. The minimum Gasteiger partial charge on any atom is -0.325 e. The van der Waals surface area contributed by atoms with Gasteiger partial charge in [0.2, 0.25) is 5.82 Å². The molecule has 0 amide bonds. The fourth-order valence-corrected chi connectivity index (χ4v) is 1.39. The molecule has 0 aliphatic carbocycles. The van der Waals surface area contributed by atoms with Crippen molar-refractivity contribution < 1.29 is 13.2 Å². The second kappa shape index (κ2) is 4.69. The number of alkyl halides is 3. The maximum Gasteiger partial charge on any atom is 0.451 e. The van der Waals surface area contributed by atoms with Gasteiger partial charge in [-0.3, -0.25) is 4.98 Å². The summed E-state index contributed by atoms with van der Waals surface area (Å²) in [5.74, 6) is -1.15. The van der Waals surface area contributed by atoms with Crippen LogP contribution < -0.4 is 5.73 Å². The predicted octanol–water partition coefficient (Wildman–Crippen LogP) is 2.02. The van der Waals surface area contributed by atoms with E-state index in [1.807, 2.05) is 0 Å². The zero-order chi connectivity index (χ0) is 13.2. The maximum atomic E-state index is 12.3. The van der Waals surface area contributed by atoms with E-state index in [1.54, 1.807) is 12.1 Å². The second-order valence-electron chi connectivity index (χ2n) is 3.53. The summed E-state index contributed by atoms with van der Waals surface area (Å²) in [5.41, 5.74) is 7.25. The third kappa shape index (κ3) is 2.62. The van der Waals surface area contributed by atoms with E-state index >= 15 is 0 Å². The monoisotopic (exact) mass is 254 g/mol. The molecule has 7 heteroatoms. The Morgan fingerprint density at radius 1 is 1.06 bits per heavy atom. The quantitative estimate of drug-likeness (QED) is 0.890. The first-order valence-electron chi connectivity index (χ1n) is 5.05. The van der Waals surface area contributed by atoms with E-state index in [4.69, 9.17) is 5.73 Å². The molecular weight excluding hydrogens is 245 g/mol. The molecular formula is C11H9F3N4. The maximum absolute atomic E-state index is 12.3. The molecule has 0 aliphatic heterocycles. The molecule has 2 aromatic rings. The molecule has 0 saturated heterocycles. The van der Waals surface area contributed by atoms with Gasteiger partial charge in [0, 0.05) is 30.7 Å². The number of halogens is 3. The minimum absolute atomic E-state index is 0.259. The summed E-state index contributed by atoms with van der Waals surface area (Å²) >= 11 is 0. The van der Waals surface area contributed by atoms with Crippen molar-refractivity contribution in [2.24, 2.45) is 5.73 Å². The van der Waals surface area contributed by atoms with E-state index in [-0.39, 0.29) is 6.54 Å². The highest BCUT2D eigenvalue weighted by Crippen LogP contribution is 2.26. The lowest BCUT2D eigenvalue weighted by Crippen LogP contribution is -2.10. The molecule has 2 heterocycles. The van der Waals surface area contributed by atoms with Gasteiger partial charge >= 0.3 is 6.18 Å². The molecule has 0 bridgehead atoms. The summed E-state index contributed by atoms with van der Waals surface area (Å²) in [6, 6.07) is 3.34. The van der Waals surface area contributed by atoms with Gasteiger partial charge in [-0.2, -0.15) is 13.2 Å². The molecule has 0 saturated carbocycles. The van der Waals surface area contributed by atoms with Crippen molar-refractivity contribution in [2.45, 2.75) is 12.7 Å². The average molecular weight is 254 g/mol. The Bertz CT molecular complexity index is 537. The van der Waals surface area contributed by atoms with E-state index in [0.29, 0.717) is 16.8 Å². The Morgan fingerprint density at radius 3 is 2.28 bits per heavy atom. The third-order valence-corrected chi connectivity index (χ3v) is 2.26. The summed E-state index contributed by atoms with van der Waals surface area (Å²) in [6.45, 7) is 0.259. The van der Waals surface area contributed by atoms with E-state index < -0.39 is 12.0 Å². The van der Waals surface area contributed by atoms with Crippen LogP contribution >= 0.6 is 0 Å². The number of nitrogens with zero attached hydrogens (tertiary/aromatic N) is 3. The van der Waals surface area contributed by atoms with E-state index in [9.17, 15) is 13.2 Å². The van der Waals surface area contributed by atoms with Gasteiger partial charge in [0.25, 0.3) is 0 Å². The number of rotatable bonds is 2. The number of nitrogens with two attached hydrogens (primary N) is 1. The van der Waals surface area contributed by atoms with Crippen molar-refractivity contribution in [1.29, 1.82) is 0 Å². The summed E-state index contributed by atoms with van der Waals surface area (Å²) in [4.78, 5) is 10.6. The Morgan fingerprint density at radius 2 is 1.72 bits per heavy atom. The van der Waals surface area contributed by atoms with Gasteiger partial charge < -0.3 is 5.73 Å². The Labute approximate surface area is 101 Å². The molecule has 18 heavy (non-hydrogen) atoms. The fraction of sp³-hybridized carbons (Fsp3) is 0.182. The molecule has 0 aromatic carbocycles. The first-order chi connectivity index (χ1) is 8.50. The summed E-state index contributed by atoms with van der Waals surface area (Å²) in [6.07, 6.45) is -0.731. The van der Waals surface area contributed by atoms with Gasteiger partial charge in [0.05, 0.1) is 5.69 Å². The van der Waals surface area contributed by atoms with Gasteiger partial charge in [-0.1, -0.05) is 0 Å². The van der Waals surface area contributed by atoms with Crippen molar-refractivity contribution in [3.63, 3.8) is 0 Å². The van der Waals surface area contributed by atoms with Crippen molar-refractivity contribution in [3.05, 3.63) is 42.2 Å². The smallest absolute Gasteiger partial charge is 0.325 e. The molecule has 0 atom stereocenters. The molecule has 4 nitrogen and oxygen atoms in total. The third-order valence-electron chi connectivity index (χ3n) is 2.26. The van der Waals surface area contributed by atoms with Crippen LogP contribution in [0.4, 0.5) is 13.2 Å². The van der Waals surface area contributed by atoms with E-state index in [0.717, 1.165) is 12.4 Å². The number of aromatic nitrogens is 3. The topological polar surface area (TPSA) is 64.7 Å². The van der Waals surface area contributed by atoms with Crippen LogP contribution in [0.2, 0.25) is 0 Å². The average Bonchev–Trinajstić information content (AvgIpc) is 2.38. The predicted molar refractivity (Wildman–Crippen MR) is 58.2 cm³/mol. The zero-order valence-corrected chi connectivity index (χ0v) is 9.15. The number of hydrogen-bond acceptors (Lipinski definition) is 4. The van der Waals surface area contributed by atoms with Crippen LogP contribution in [0.25, 0.3) is 11.1 Å². The molecule has 0 fully saturated rings. The highest BCUT2D eigenvalue weighted by molar-refractivity contribution is 5.61. The normalized spacial score (nSPS) is 11.6. The van der Waals surface area contributed by atoms with Crippen molar-refractivity contribution in [3.8, 4) is 11.1 Å². The summed E-state index contributed by atoms with van der Waals surface area (Å²) in [5, 5.41) is 0. The Hall–Kier alpha value is -2.02. The SMILES string of the molecule is NCc1cc(-c2cnc(C(F)(F)F)nc2)ccn1. The second-order valence-corrected chi connectivity index (χ2v) is 3.53. The molecule has 0 radical (unpaired) electrons. The van der Waals surface area contributed by atoms with Gasteiger partial charge in [-0.05, 0) is 17.7 Å². The molecule has 0 spiro atoms. The van der Waals surface area contributed by atoms with Gasteiger partial charge in [-0.15, -0.1) is 0 Å². The van der Waals surface area contributed by atoms with Crippen LogP contribution in [-0.4, -0.2) is 15.0 Å². The zero-order valence-electron chi connectivity index (χ0n) is 9.15. The minimum atomic E-state index is -4.53. The lowest BCUT2D eigenvalue weighted by atomic mass is 10.1.